The molecule has 1 N–H and O–H groups in total. The fraction of sp³-hybridized carbons (Fsp3) is 0.0968. The van der Waals surface area contributed by atoms with Crippen LogP contribution in [0.3, 0.4) is 0 Å². The summed E-state index contributed by atoms with van der Waals surface area (Å²) in [4.78, 5) is 12.9. The van der Waals surface area contributed by atoms with Crippen molar-refractivity contribution in [2.45, 2.75) is 13.2 Å². The number of anilines is 1. The number of rotatable bonds is 10. The van der Waals surface area contributed by atoms with E-state index < -0.39 is 5.91 Å². The fourth-order valence-electron chi connectivity index (χ4n) is 3.61. The maximum Gasteiger partial charge on any atom is 0.266 e. The lowest BCUT2D eigenvalue weighted by Gasteiger charge is -2.12. The maximum atomic E-state index is 12.9. The molecule has 0 aromatic heterocycles. The Morgan fingerprint density at radius 1 is 0.875 bits per heavy atom. The van der Waals surface area contributed by atoms with Gasteiger partial charge in [-0.15, -0.1) is 0 Å². The molecule has 0 fully saturated rings. The van der Waals surface area contributed by atoms with E-state index >= 15 is 0 Å². The molecule has 4 aromatic rings. The van der Waals surface area contributed by atoms with Crippen molar-refractivity contribution in [3.05, 3.63) is 122 Å². The number of carbonyl (C=O) groups excluding carboxylic acids is 1. The van der Waals surface area contributed by atoms with E-state index in [9.17, 15) is 10.1 Å². The first-order chi connectivity index (χ1) is 19.3. The first kappa shape index (κ1) is 28.8. The van der Waals surface area contributed by atoms with Crippen LogP contribution in [0.1, 0.15) is 16.7 Å². The quantitative estimate of drug-likeness (QED) is 0.148. The minimum Gasteiger partial charge on any atom is -0.497 e. The predicted octanol–water partition coefficient (Wildman–Crippen LogP) is 8.36. The molecule has 0 heterocycles. The number of benzene rings is 4. The highest BCUT2D eigenvalue weighted by Crippen LogP contribution is 2.29. The second-order valence-corrected chi connectivity index (χ2v) is 9.78. The van der Waals surface area contributed by atoms with E-state index in [2.05, 4.69) is 5.32 Å². The van der Waals surface area contributed by atoms with E-state index in [-0.39, 0.29) is 18.8 Å². The van der Waals surface area contributed by atoms with Crippen LogP contribution in [0, 0.1) is 11.3 Å². The first-order valence-electron chi connectivity index (χ1n) is 12.0. The van der Waals surface area contributed by atoms with Gasteiger partial charge in [-0.1, -0.05) is 53.0 Å². The summed E-state index contributed by atoms with van der Waals surface area (Å²) < 4.78 is 17.1. The summed E-state index contributed by atoms with van der Waals surface area (Å²) in [6.45, 7) is 0.494. The average Bonchev–Trinajstić information content (AvgIpc) is 2.95. The molecule has 0 aliphatic heterocycles. The number of methoxy groups -OCH3 is 1. The Morgan fingerprint density at radius 3 is 2.33 bits per heavy atom. The van der Waals surface area contributed by atoms with Crippen molar-refractivity contribution in [1.29, 1.82) is 5.26 Å². The van der Waals surface area contributed by atoms with E-state index in [0.717, 1.165) is 11.1 Å². The van der Waals surface area contributed by atoms with Crippen LogP contribution >= 0.6 is 34.8 Å². The molecule has 9 heteroatoms. The van der Waals surface area contributed by atoms with Crippen LogP contribution in [0.15, 0.2) is 90.5 Å². The van der Waals surface area contributed by atoms with Crippen LogP contribution in [0.4, 0.5) is 5.69 Å². The highest BCUT2D eigenvalue weighted by Gasteiger charge is 2.13. The fourth-order valence-corrected chi connectivity index (χ4v) is 4.29. The monoisotopic (exact) mass is 592 g/mol. The van der Waals surface area contributed by atoms with Crippen LogP contribution in [-0.2, 0) is 18.0 Å². The number of amides is 1. The summed E-state index contributed by atoms with van der Waals surface area (Å²) in [5.41, 5.74) is 2.60. The summed E-state index contributed by atoms with van der Waals surface area (Å²) in [7, 11) is 1.54. The van der Waals surface area contributed by atoms with Crippen molar-refractivity contribution in [3.63, 3.8) is 0 Å². The van der Waals surface area contributed by atoms with Crippen LogP contribution in [0.25, 0.3) is 6.08 Å². The van der Waals surface area contributed by atoms with Gasteiger partial charge in [-0.05, 0) is 72.3 Å². The molecule has 0 aliphatic rings. The average molecular weight is 594 g/mol. The molecule has 0 bridgehead atoms. The molecule has 0 saturated heterocycles. The Balaban J connectivity index is 1.44. The highest BCUT2D eigenvalue weighted by atomic mass is 35.5. The van der Waals surface area contributed by atoms with Crippen LogP contribution in [-0.4, -0.2) is 13.0 Å². The highest BCUT2D eigenvalue weighted by molar-refractivity contribution is 6.35. The van der Waals surface area contributed by atoms with Gasteiger partial charge in [-0.25, -0.2) is 0 Å². The number of ether oxygens (including phenoxy) is 3. The van der Waals surface area contributed by atoms with Gasteiger partial charge >= 0.3 is 0 Å². The lowest BCUT2D eigenvalue weighted by molar-refractivity contribution is -0.112. The zero-order valence-corrected chi connectivity index (χ0v) is 23.6. The largest absolute Gasteiger partial charge is 0.497 e. The first-order valence-corrected chi connectivity index (χ1v) is 13.1. The molecular formula is C31H23Cl3N2O4. The third kappa shape index (κ3) is 7.93. The molecule has 202 valence electrons. The number of halogens is 3. The topological polar surface area (TPSA) is 80.6 Å². The van der Waals surface area contributed by atoms with Crippen molar-refractivity contribution < 1.29 is 19.0 Å². The summed E-state index contributed by atoms with van der Waals surface area (Å²) >= 11 is 18.2. The number of hydrogen-bond acceptors (Lipinski definition) is 5. The van der Waals surface area contributed by atoms with Gasteiger partial charge in [0.05, 0.1) is 7.11 Å². The maximum absolute atomic E-state index is 12.9. The van der Waals surface area contributed by atoms with E-state index in [1.165, 1.54) is 6.08 Å². The van der Waals surface area contributed by atoms with Crippen molar-refractivity contribution in [3.8, 4) is 23.3 Å². The van der Waals surface area contributed by atoms with Gasteiger partial charge in [0.1, 0.15) is 42.1 Å². The van der Waals surface area contributed by atoms with Crippen molar-refractivity contribution in [1.82, 2.24) is 0 Å². The summed E-state index contributed by atoms with van der Waals surface area (Å²) in [6, 6.07) is 26.4. The molecule has 1 amide bonds. The molecule has 4 aromatic carbocycles. The molecule has 0 unspecified atom stereocenters. The zero-order chi connectivity index (χ0) is 28.5. The molecule has 0 radical (unpaired) electrons. The summed E-state index contributed by atoms with van der Waals surface area (Å²) in [5.74, 6) is 1.03. The molecule has 0 spiro atoms. The van der Waals surface area contributed by atoms with Gasteiger partial charge in [0, 0.05) is 37.9 Å². The van der Waals surface area contributed by atoms with Crippen LogP contribution in [0.2, 0.25) is 15.1 Å². The molecular weight excluding hydrogens is 571 g/mol. The molecule has 0 atom stereocenters. The van der Waals surface area contributed by atoms with E-state index in [1.54, 1.807) is 79.9 Å². The SMILES string of the molecule is COc1ccc(/C=C(\C#N)C(=O)Nc2ccc(OCc3ccc(Cl)cc3Cl)cc2)c(OCc2cccc(Cl)c2)c1. The Hall–Kier alpha value is -4.15. The van der Waals surface area contributed by atoms with E-state index in [1.807, 2.05) is 18.2 Å². The van der Waals surface area contributed by atoms with Gasteiger partial charge < -0.3 is 19.5 Å². The number of nitrogens with zero attached hydrogens (tertiary/aromatic N) is 1. The van der Waals surface area contributed by atoms with Crippen molar-refractivity contribution >= 4 is 52.5 Å². The number of nitrogens with one attached hydrogen (secondary N) is 1. The Kier molecular flexibility index (Phi) is 9.93. The van der Waals surface area contributed by atoms with E-state index in [4.69, 9.17) is 49.0 Å². The Morgan fingerprint density at radius 2 is 1.62 bits per heavy atom. The second kappa shape index (κ2) is 13.8. The van der Waals surface area contributed by atoms with Gasteiger partial charge in [-0.2, -0.15) is 5.26 Å². The van der Waals surface area contributed by atoms with E-state index in [0.29, 0.717) is 43.6 Å². The van der Waals surface area contributed by atoms with Gasteiger partial charge in [-0.3, -0.25) is 4.79 Å². The number of hydrogen-bond donors (Lipinski definition) is 1. The van der Waals surface area contributed by atoms with Gasteiger partial charge in [0.25, 0.3) is 5.91 Å². The summed E-state index contributed by atoms with van der Waals surface area (Å²) in [5, 5.41) is 14.1. The van der Waals surface area contributed by atoms with Gasteiger partial charge in [0.2, 0.25) is 0 Å². The smallest absolute Gasteiger partial charge is 0.266 e. The Bertz CT molecular complexity index is 1580. The third-order valence-corrected chi connectivity index (χ3v) is 6.51. The second-order valence-electron chi connectivity index (χ2n) is 8.50. The standard InChI is InChI=1S/C31H23Cl3N2O4/c1-38-28-10-6-21(30(16-28)40-18-20-3-2-4-24(32)13-20)14-23(17-35)31(37)36-26-8-11-27(12-9-26)39-19-22-5-7-25(33)15-29(22)34/h2-16H,18-19H2,1H3,(H,36,37)/b23-14+. The predicted molar refractivity (Wildman–Crippen MR) is 158 cm³/mol. The molecule has 40 heavy (non-hydrogen) atoms. The van der Waals surface area contributed by atoms with Crippen LogP contribution in [0.5, 0.6) is 17.2 Å². The molecule has 4 rings (SSSR count). The van der Waals surface area contributed by atoms with Gasteiger partial charge in [0.15, 0.2) is 0 Å². The normalized spacial score (nSPS) is 10.9. The zero-order valence-electron chi connectivity index (χ0n) is 21.3. The van der Waals surface area contributed by atoms with Crippen molar-refractivity contribution in [2.24, 2.45) is 0 Å². The Labute approximate surface area is 247 Å². The summed E-state index contributed by atoms with van der Waals surface area (Å²) in [6.07, 6.45) is 1.47. The minimum absolute atomic E-state index is 0.101. The van der Waals surface area contributed by atoms with Crippen LogP contribution < -0.4 is 19.5 Å². The minimum atomic E-state index is -0.569. The lowest BCUT2D eigenvalue weighted by atomic mass is 10.1. The molecule has 0 saturated carbocycles. The third-order valence-electron chi connectivity index (χ3n) is 5.69. The lowest BCUT2D eigenvalue weighted by Crippen LogP contribution is -2.13. The van der Waals surface area contributed by atoms with Crippen molar-refractivity contribution in [2.75, 3.05) is 12.4 Å². The number of carbonyl (C=O) groups is 1. The molecule has 6 nitrogen and oxygen atoms in total. The molecule has 0 aliphatic carbocycles. The number of nitriles is 1.